The molecule has 0 N–H and O–H groups in total. The van der Waals surface area contributed by atoms with E-state index in [0.29, 0.717) is 22.9 Å². The molecule has 0 spiro atoms. The van der Waals surface area contributed by atoms with E-state index < -0.39 is 6.98 Å². The van der Waals surface area contributed by atoms with Gasteiger partial charge in [0, 0.05) is 25.2 Å². The fraction of sp³-hybridized carbons (Fsp3) is 0.147. The van der Waals surface area contributed by atoms with Gasteiger partial charge in [0.2, 0.25) is 0 Å². The van der Waals surface area contributed by atoms with Gasteiger partial charge in [0.05, 0.1) is 0 Å². The molecule has 3 aromatic carbocycles. The van der Waals surface area contributed by atoms with Crippen molar-refractivity contribution in [3.63, 3.8) is 0 Å². The van der Waals surface area contributed by atoms with Gasteiger partial charge in [-0.25, -0.2) is 0 Å². The van der Waals surface area contributed by atoms with Crippen LogP contribution in [0.1, 0.15) is 30.4 Å². The van der Waals surface area contributed by atoms with Gasteiger partial charge in [0.1, 0.15) is 0 Å². The summed E-state index contributed by atoms with van der Waals surface area (Å²) >= 11 is 0.0560. The first-order valence-corrected chi connectivity index (χ1v) is 15.0. The van der Waals surface area contributed by atoms with E-state index in [2.05, 4.69) is 67.1 Å². The van der Waals surface area contributed by atoms with Crippen LogP contribution in [0, 0.1) is 18.8 Å². The Bertz CT molecular complexity index is 1880. The summed E-state index contributed by atoms with van der Waals surface area (Å²) in [6.45, 7) is 5.84. The zero-order valence-electron chi connectivity index (χ0n) is 26.1. The second-order valence-corrected chi connectivity index (χ2v) is 13.1. The third-order valence-electron chi connectivity index (χ3n) is 7.01. The second kappa shape index (κ2) is 11.2. The molecule has 0 amide bonds. The van der Waals surface area contributed by atoms with Gasteiger partial charge >= 0.3 is 242 Å². The van der Waals surface area contributed by atoms with Crippen molar-refractivity contribution in [3.05, 3.63) is 116 Å². The summed E-state index contributed by atoms with van der Waals surface area (Å²) < 4.78 is 32.7. The number of aromatic nitrogens is 2. The summed E-state index contributed by atoms with van der Waals surface area (Å²) in [5.74, 6) is 1.82. The average Bonchev–Trinajstić information content (AvgIpc) is 3.40. The molecular formula is C34H28N5OPtSe-3. The maximum atomic E-state index is 8.00. The molecular weight excluding hydrogens is 768 g/mol. The van der Waals surface area contributed by atoms with Crippen LogP contribution in [-0.4, -0.2) is 31.9 Å². The standard InChI is InChI=1S/C34H28N5OSe.Pt/c1-34(2,3)23-14-17-36-33(18-23)39-29-20-26(12-13-31(29)41-32-15-16-35-21-30(32)39)40-25-9-7-8-24(19-25)38-22-37(4)27-10-5-6-11-28(27)38;/h5-18,21-22H,1-4H3;/q-3;/i4D3;. The summed E-state index contributed by atoms with van der Waals surface area (Å²) in [6.07, 6.45) is 5.57. The number of hydrogen-bond acceptors (Lipinski definition) is 6. The van der Waals surface area contributed by atoms with Crippen molar-refractivity contribution in [1.29, 1.82) is 0 Å². The SMILES string of the molecule is [2H]C([2H])([2H])N1[CH-]N(c2[c-]c(Oc3[c-]c4c(cc3)[Se]c3ccncc3N4c3cc(C(C)(C)C)ccn3)ccc2)c2ccccc21.[Pt]. The number of anilines is 6. The van der Waals surface area contributed by atoms with E-state index >= 15 is 0 Å². The summed E-state index contributed by atoms with van der Waals surface area (Å²) in [5, 5.41) is 0. The summed E-state index contributed by atoms with van der Waals surface area (Å²) in [5.41, 5.74) is 5.04. The molecule has 4 heterocycles. The minimum atomic E-state index is -2.32. The first-order chi connectivity index (χ1) is 21.1. The molecule has 0 unspecified atom stereocenters. The number of rotatable bonds is 4. The third-order valence-corrected chi connectivity index (χ3v) is 9.35. The van der Waals surface area contributed by atoms with E-state index in [9.17, 15) is 0 Å². The Kier molecular flexibility index (Phi) is 6.66. The molecule has 214 valence electrons. The van der Waals surface area contributed by atoms with Gasteiger partial charge in [-0.1, -0.05) is 6.07 Å². The van der Waals surface area contributed by atoms with Gasteiger partial charge in [-0.3, -0.25) is 0 Å². The van der Waals surface area contributed by atoms with Crippen molar-refractivity contribution in [3.8, 4) is 11.5 Å². The number of para-hydroxylation sites is 2. The van der Waals surface area contributed by atoms with Gasteiger partial charge in [-0.05, 0) is 0 Å². The van der Waals surface area contributed by atoms with Gasteiger partial charge in [0.25, 0.3) is 0 Å². The number of benzene rings is 3. The van der Waals surface area contributed by atoms with Crippen molar-refractivity contribution in [2.45, 2.75) is 26.2 Å². The van der Waals surface area contributed by atoms with Crippen LogP contribution in [0.3, 0.4) is 0 Å². The largest absolute Gasteiger partial charge is 0 e. The predicted molar refractivity (Wildman–Crippen MR) is 166 cm³/mol. The van der Waals surface area contributed by atoms with Crippen molar-refractivity contribution in [2.24, 2.45) is 0 Å². The second-order valence-electron chi connectivity index (χ2n) is 10.8. The Morgan fingerprint density at radius 1 is 0.881 bits per heavy atom. The summed E-state index contributed by atoms with van der Waals surface area (Å²) in [4.78, 5) is 14.4. The fourth-order valence-corrected chi connectivity index (χ4v) is 7.00. The van der Waals surface area contributed by atoms with E-state index in [0.717, 1.165) is 27.3 Å². The minimum absolute atomic E-state index is 0. The Labute approximate surface area is 272 Å². The first kappa shape index (κ1) is 24.9. The van der Waals surface area contributed by atoms with E-state index in [1.54, 1.807) is 12.7 Å². The van der Waals surface area contributed by atoms with Crippen LogP contribution in [0.4, 0.5) is 34.3 Å². The van der Waals surface area contributed by atoms with E-state index in [1.165, 1.54) is 14.9 Å². The van der Waals surface area contributed by atoms with E-state index in [-0.39, 0.29) is 41.4 Å². The third kappa shape index (κ3) is 5.22. The molecule has 8 heteroatoms. The van der Waals surface area contributed by atoms with E-state index in [1.807, 2.05) is 66.0 Å². The molecule has 2 aromatic heterocycles. The molecule has 0 fully saturated rings. The van der Waals surface area contributed by atoms with Crippen LogP contribution in [0.5, 0.6) is 11.5 Å². The molecule has 0 radical (unpaired) electrons. The zero-order valence-corrected chi connectivity index (χ0v) is 27.1. The van der Waals surface area contributed by atoms with Gasteiger partial charge in [-0.2, -0.15) is 0 Å². The topological polar surface area (TPSA) is 44.7 Å². The molecule has 0 bridgehead atoms. The Morgan fingerprint density at radius 2 is 1.71 bits per heavy atom. The van der Waals surface area contributed by atoms with Gasteiger partial charge < -0.3 is 0 Å². The quantitative estimate of drug-likeness (QED) is 0.154. The molecule has 7 rings (SSSR count). The summed E-state index contributed by atoms with van der Waals surface area (Å²) in [6, 6.07) is 30.1. The Hall–Kier alpha value is -3.63. The molecule has 6 nitrogen and oxygen atoms in total. The molecule has 42 heavy (non-hydrogen) atoms. The van der Waals surface area contributed by atoms with Crippen molar-refractivity contribution in [2.75, 3.05) is 21.7 Å². The van der Waals surface area contributed by atoms with Crippen molar-refractivity contribution >= 4 is 58.1 Å². The summed E-state index contributed by atoms with van der Waals surface area (Å²) in [7, 11) is 0. The van der Waals surface area contributed by atoms with E-state index in [4.69, 9.17) is 13.8 Å². The van der Waals surface area contributed by atoms with Crippen LogP contribution in [0.2, 0.25) is 0 Å². The molecule has 0 atom stereocenters. The maximum absolute atomic E-state index is 8.00. The zero-order chi connectivity index (χ0) is 30.6. The normalized spacial score (nSPS) is 15.0. The monoisotopic (exact) mass is 800 g/mol. The number of ether oxygens (including phenoxy) is 1. The van der Waals surface area contributed by atoms with Crippen molar-refractivity contribution in [1.82, 2.24) is 9.97 Å². The van der Waals surface area contributed by atoms with Gasteiger partial charge in [0.15, 0.2) is 0 Å². The molecule has 0 aliphatic carbocycles. The van der Waals surface area contributed by atoms with Crippen molar-refractivity contribution < 1.29 is 29.9 Å². The molecule has 2 aliphatic rings. The fourth-order valence-electron chi connectivity index (χ4n) is 4.93. The van der Waals surface area contributed by atoms with Crippen LogP contribution in [-0.2, 0) is 26.5 Å². The van der Waals surface area contributed by atoms with Crippen LogP contribution in [0.25, 0.3) is 0 Å². The van der Waals surface area contributed by atoms with Crippen LogP contribution >= 0.6 is 0 Å². The predicted octanol–water partition coefficient (Wildman–Crippen LogP) is 6.31. The van der Waals surface area contributed by atoms with Crippen LogP contribution in [0.15, 0.2) is 91.4 Å². The number of pyridine rings is 2. The minimum Gasteiger partial charge on any atom is 0 e. The van der Waals surface area contributed by atoms with Gasteiger partial charge in [-0.15, -0.1) is 0 Å². The number of fused-ring (bicyclic) bond motifs is 3. The Morgan fingerprint density at radius 3 is 2.55 bits per heavy atom. The first-order valence-electron chi connectivity index (χ1n) is 14.7. The smallest absolute Gasteiger partial charge is 0 e. The average molecular weight is 800 g/mol. The maximum Gasteiger partial charge on any atom is 0 e. The molecule has 0 saturated carbocycles. The number of nitrogens with zero attached hydrogens (tertiary/aromatic N) is 5. The van der Waals surface area contributed by atoms with Crippen LogP contribution < -0.4 is 28.4 Å². The molecule has 2 aliphatic heterocycles. The molecule has 0 saturated heterocycles. The Balaban J connectivity index is 0.00000357. The molecule has 5 aromatic rings. The number of hydrogen-bond donors (Lipinski definition) is 0.